The molecule has 2 aliphatic rings. The van der Waals surface area contributed by atoms with Crippen LogP contribution in [0.3, 0.4) is 0 Å². The smallest absolute Gasteiger partial charge is 0.319 e. The molecule has 2 fully saturated rings. The molecule has 0 spiro atoms. The van der Waals surface area contributed by atoms with Gasteiger partial charge in [-0.25, -0.2) is 9.64 Å². The lowest BCUT2D eigenvalue weighted by atomic mass is 9.94. The van der Waals surface area contributed by atoms with Gasteiger partial charge in [0.05, 0.1) is 23.7 Å². The Morgan fingerprint density at radius 1 is 1.45 bits per heavy atom. The van der Waals surface area contributed by atoms with Gasteiger partial charge in [0.2, 0.25) is 5.69 Å². The first-order valence-corrected chi connectivity index (χ1v) is 8.15. The summed E-state index contributed by atoms with van der Waals surface area (Å²) in [5.74, 6) is 0.525. The average molecular weight is 318 g/mol. The third-order valence-electron chi connectivity index (χ3n) is 5.08. The summed E-state index contributed by atoms with van der Waals surface area (Å²) in [7, 11) is 0. The van der Waals surface area contributed by atoms with E-state index in [-0.39, 0.29) is 18.1 Å². The Morgan fingerprint density at radius 3 is 2.82 bits per heavy atom. The van der Waals surface area contributed by atoms with E-state index >= 15 is 0 Å². The van der Waals surface area contributed by atoms with E-state index in [0.717, 1.165) is 30.6 Å². The predicted octanol–water partition coefficient (Wildman–Crippen LogP) is 4.63. The van der Waals surface area contributed by atoms with Crippen LogP contribution in [-0.2, 0) is 0 Å². The normalized spacial score (nSPS) is 27.2. The van der Waals surface area contributed by atoms with Crippen LogP contribution in [0.25, 0.3) is 4.85 Å². The largest absolute Gasteiger partial charge is 0.325 e. The highest BCUT2D eigenvalue weighted by Crippen LogP contribution is 2.43. The fourth-order valence-electron chi connectivity index (χ4n) is 3.93. The molecule has 0 aromatic heterocycles. The summed E-state index contributed by atoms with van der Waals surface area (Å²) in [6.45, 7) is 14.2. The van der Waals surface area contributed by atoms with Crippen molar-refractivity contribution in [1.29, 1.82) is 0 Å². The highest BCUT2D eigenvalue weighted by molar-refractivity contribution is 6.34. The van der Waals surface area contributed by atoms with Crippen molar-refractivity contribution in [2.24, 2.45) is 5.92 Å². The van der Waals surface area contributed by atoms with E-state index in [1.165, 1.54) is 0 Å². The Hall–Kier alpha value is -1.73. The molecule has 2 heterocycles. The molecule has 0 saturated carbocycles. The topological polar surface area (TPSA) is 27.9 Å². The maximum Gasteiger partial charge on any atom is 0.325 e. The fraction of sp³-hybridized carbons (Fsp3) is 0.529. The van der Waals surface area contributed by atoms with E-state index < -0.39 is 0 Å². The Bertz CT molecular complexity index is 667. The van der Waals surface area contributed by atoms with Gasteiger partial charge in [0.1, 0.15) is 0 Å². The van der Waals surface area contributed by atoms with Crippen molar-refractivity contribution in [1.82, 2.24) is 4.90 Å². The quantitative estimate of drug-likeness (QED) is 0.731. The van der Waals surface area contributed by atoms with Crippen molar-refractivity contribution in [2.75, 3.05) is 11.4 Å². The van der Waals surface area contributed by atoms with Gasteiger partial charge in [0, 0.05) is 12.2 Å². The van der Waals surface area contributed by atoms with Crippen molar-refractivity contribution in [3.63, 3.8) is 0 Å². The van der Waals surface area contributed by atoms with Crippen LogP contribution in [0.15, 0.2) is 12.1 Å². The first kappa shape index (κ1) is 15.2. The lowest BCUT2D eigenvalue weighted by Crippen LogP contribution is -2.38. The number of amides is 2. The Labute approximate surface area is 136 Å². The molecule has 0 unspecified atom stereocenters. The lowest BCUT2D eigenvalue weighted by Gasteiger charge is -2.28. The Morgan fingerprint density at radius 2 is 2.18 bits per heavy atom. The fourth-order valence-corrected chi connectivity index (χ4v) is 4.13. The number of rotatable bonds is 2. The maximum absolute atomic E-state index is 12.9. The first-order chi connectivity index (χ1) is 10.5. The molecule has 0 radical (unpaired) electrons. The molecule has 2 saturated heterocycles. The highest BCUT2D eigenvalue weighted by atomic mass is 35.5. The second-order valence-electron chi connectivity index (χ2n) is 6.23. The van der Waals surface area contributed by atoms with Crippen LogP contribution in [0.2, 0.25) is 5.02 Å². The molecule has 4 nitrogen and oxygen atoms in total. The summed E-state index contributed by atoms with van der Waals surface area (Å²) in [5.41, 5.74) is 2.10. The zero-order valence-corrected chi connectivity index (χ0v) is 13.9. The van der Waals surface area contributed by atoms with Crippen molar-refractivity contribution in [3.05, 3.63) is 34.1 Å². The van der Waals surface area contributed by atoms with Crippen molar-refractivity contribution < 1.29 is 4.79 Å². The van der Waals surface area contributed by atoms with Crippen molar-refractivity contribution in [3.8, 4) is 0 Å². The minimum absolute atomic E-state index is 0.0796. The van der Waals surface area contributed by atoms with Gasteiger partial charge >= 0.3 is 6.03 Å². The molecule has 22 heavy (non-hydrogen) atoms. The molecule has 2 amide bonds. The first-order valence-electron chi connectivity index (χ1n) is 7.77. The van der Waals surface area contributed by atoms with Crippen molar-refractivity contribution >= 4 is 29.0 Å². The summed E-state index contributed by atoms with van der Waals surface area (Å²) in [6, 6.07) is 4.12. The van der Waals surface area contributed by atoms with Crippen LogP contribution in [0.1, 0.15) is 32.3 Å². The van der Waals surface area contributed by atoms with Crippen LogP contribution in [-0.4, -0.2) is 29.6 Å². The SMILES string of the molecule is [C-]#[N+]c1ccc(N2C(=O)N3CC[C@H](C)[C@H]3[C@@H]2CC)c(C)c1Cl. The van der Waals surface area contributed by atoms with E-state index in [0.29, 0.717) is 16.6 Å². The second kappa shape index (κ2) is 5.48. The average Bonchev–Trinajstić information content (AvgIpc) is 3.01. The number of fused-ring (bicyclic) bond motifs is 1. The molecule has 116 valence electrons. The summed E-state index contributed by atoms with van der Waals surface area (Å²) in [5, 5.41) is 0.454. The molecule has 1 aromatic carbocycles. The zero-order chi connectivity index (χ0) is 16.0. The van der Waals surface area contributed by atoms with Gasteiger partial charge in [-0.1, -0.05) is 31.5 Å². The molecule has 0 aliphatic carbocycles. The standard InChI is InChI=1S/C17H20ClN3O/c1-5-13-16-10(2)8-9-20(16)17(22)21(13)14-7-6-12(19-4)15(18)11(14)3/h6-7,10,13,16H,5,8-9H2,1-3H3/t10-,13-,16-/m0/s1. The highest BCUT2D eigenvalue weighted by Gasteiger charge is 2.50. The molecule has 3 atom stereocenters. The number of benzene rings is 1. The predicted molar refractivity (Wildman–Crippen MR) is 88.7 cm³/mol. The minimum Gasteiger partial charge on any atom is -0.319 e. The van der Waals surface area contributed by atoms with Gasteiger partial charge in [-0.15, -0.1) is 0 Å². The van der Waals surface area contributed by atoms with E-state index in [4.69, 9.17) is 18.2 Å². The number of hydrogen-bond donors (Lipinski definition) is 0. The molecule has 3 rings (SSSR count). The van der Waals surface area contributed by atoms with Gasteiger partial charge in [-0.3, -0.25) is 4.90 Å². The van der Waals surface area contributed by atoms with Gasteiger partial charge in [-0.05, 0) is 37.3 Å². The number of nitrogens with zero attached hydrogens (tertiary/aromatic N) is 3. The molecule has 0 bridgehead atoms. The van der Waals surface area contributed by atoms with Crippen LogP contribution >= 0.6 is 11.6 Å². The van der Waals surface area contributed by atoms with E-state index in [2.05, 4.69) is 18.7 Å². The van der Waals surface area contributed by atoms with Crippen LogP contribution in [0, 0.1) is 19.4 Å². The number of anilines is 1. The number of hydrogen-bond acceptors (Lipinski definition) is 1. The third kappa shape index (κ3) is 1.99. The van der Waals surface area contributed by atoms with E-state index in [1.807, 2.05) is 22.8 Å². The second-order valence-corrected chi connectivity index (χ2v) is 6.61. The van der Waals surface area contributed by atoms with Crippen LogP contribution in [0.5, 0.6) is 0 Å². The molecular weight excluding hydrogens is 298 g/mol. The summed E-state index contributed by atoms with van der Waals surface area (Å²) >= 11 is 6.30. The van der Waals surface area contributed by atoms with Gasteiger partial charge in [0.15, 0.2) is 0 Å². The monoisotopic (exact) mass is 317 g/mol. The summed E-state index contributed by atoms with van der Waals surface area (Å²) in [6.07, 6.45) is 2.00. The van der Waals surface area contributed by atoms with Crippen LogP contribution in [0.4, 0.5) is 16.2 Å². The molecule has 5 heteroatoms. The summed E-state index contributed by atoms with van der Waals surface area (Å²) in [4.78, 5) is 20.2. The third-order valence-corrected chi connectivity index (χ3v) is 5.56. The number of carbonyl (C=O) groups is 1. The van der Waals surface area contributed by atoms with E-state index in [9.17, 15) is 4.79 Å². The number of urea groups is 1. The van der Waals surface area contributed by atoms with E-state index in [1.54, 1.807) is 6.07 Å². The molecule has 1 aromatic rings. The summed E-state index contributed by atoms with van der Waals surface area (Å²) < 4.78 is 0. The zero-order valence-electron chi connectivity index (χ0n) is 13.1. The van der Waals surface area contributed by atoms with Gasteiger partial charge in [0.25, 0.3) is 0 Å². The van der Waals surface area contributed by atoms with Gasteiger partial charge < -0.3 is 4.90 Å². The Kier molecular flexibility index (Phi) is 3.78. The molecule has 0 N–H and O–H groups in total. The number of carbonyl (C=O) groups excluding carboxylic acids is 1. The lowest BCUT2D eigenvalue weighted by molar-refractivity contribution is 0.214. The number of halogens is 1. The Balaban J connectivity index is 2.07. The van der Waals surface area contributed by atoms with Gasteiger partial charge in [-0.2, -0.15) is 0 Å². The molecule has 2 aliphatic heterocycles. The van der Waals surface area contributed by atoms with Crippen LogP contribution < -0.4 is 4.90 Å². The molecular formula is C17H20ClN3O. The maximum atomic E-state index is 12.9. The minimum atomic E-state index is 0.0796. The van der Waals surface area contributed by atoms with Crippen molar-refractivity contribution in [2.45, 2.75) is 45.7 Å².